The molecule has 2 aromatic rings. The van der Waals surface area contributed by atoms with Crippen LogP contribution >= 0.6 is 0 Å². The number of carbonyl (C=O) groups excluding carboxylic acids is 2. The molecule has 0 N–H and O–H groups in total. The Morgan fingerprint density at radius 2 is 1.14 bits per heavy atom. The second-order valence-corrected chi connectivity index (χ2v) is 10.5. The molecule has 0 radical (unpaired) electrons. The van der Waals surface area contributed by atoms with Gasteiger partial charge in [-0.3, -0.25) is 9.59 Å². The van der Waals surface area contributed by atoms with Crippen molar-refractivity contribution in [3.63, 3.8) is 0 Å². The molecule has 28 heavy (non-hydrogen) atoms. The van der Waals surface area contributed by atoms with E-state index in [0.717, 1.165) is 35.6 Å². The van der Waals surface area contributed by atoms with E-state index in [-0.39, 0.29) is 10.8 Å². The molecule has 6 heteroatoms. The summed E-state index contributed by atoms with van der Waals surface area (Å²) in [5.74, 6) is 0.939. The Kier molecular flexibility index (Phi) is 2.68. The summed E-state index contributed by atoms with van der Waals surface area (Å²) < 4.78 is 2.75. The average Bonchev–Trinajstić information content (AvgIpc) is 3.11. The molecule has 2 aromatic heterocycles. The van der Waals surface area contributed by atoms with Gasteiger partial charge in [-0.15, -0.1) is 0 Å². The number of fused-ring (bicyclic) bond motifs is 6. The molecule has 6 nitrogen and oxygen atoms in total. The molecule has 146 valence electrons. The molecular formula is C22H26N4O2. The van der Waals surface area contributed by atoms with Crippen LogP contribution in [0.3, 0.4) is 0 Å². The van der Waals surface area contributed by atoms with Crippen molar-refractivity contribution < 1.29 is 9.59 Å². The SMILES string of the molecule is Cc1nn(C(=O)C(=O)n2nc(C)c3c2C[C@H]2[C@H]3C2(C)C)c2c1[C@@H]1[C@@H](C2)C1(C)C. The van der Waals surface area contributed by atoms with Crippen LogP contribution in [0.5, 0.6) is 0 Å². The summed E-state index contributed by atoms with van der Waals surface area (Å²) in [6.07, 6.45) is 1.67. The second-order valence-electron chi connectivity index (χ2n) is 10.5. The minimum atomic E-state index is -0.575. The Labute approximate surface area is 164 Å². The van der Waals surface area contributed by atoms with Crippen molar-refractivity contribution in [1.29, 1.82) is 0 Å². The van der Waals surface area contributed by atoms with E-state index in [4.69, 9.17) is 0 Å². The zero-order valence-corrected chi connectivity index (χ0v) is 17.3. The maximum Gasteiger partial charge on any atom is 0.338 e. The lowest BCUT2D eigenvalue weighted by atomic mass is 9.98. The smallest absolute Gasteiger partial charge is 0.261 e. The number of nitrogens with zero attached hydrogens (tertiary/aromatic N) is 4. The van der Waals surface area contributed by atoms with Crippen LogP contribution in [0, 0.1) is 36.5 Å². The summed E-state index contributed by atoms with van der Waals surface area (Å²) in [6, 6.07) is 0. The van der Waals surface area contributed by atoms with Crippen molar-refractivity contribution in [1.82, 2.24) is 19.6 Å². The Balaban J connectivity index is 1.36. The fourth-order valence-electron chi connectivity index (χ4n) is 6.71. The molecule has 2 heterocycles. The van der Waals surface area contributed by atoms with Crippen LogP contribution in [0.4, 0.5) is 0 Å². The van der Waals surface area contributed by atoms with Gasteiger partial charge in [0.25, 0.3) is 0 Å². The van der Waals surface area contributed by atoms with Gasteiger partial charge in [0.1, 0.15) is 0 Å². The molecule has 4 aliphatic carbocycles. The predicted octanol–water partition coefficient (Wildman–Crippen LogP) is 3.27. The Hall–Kier alpha value is -2.24. The van der Waals surface area contributed by atoms with Gasteiger partial charge in [-0.05, 0) is 61.2 Å². The highest BCUT2D eigenvalue weighted by atomic mass is 16.2. The maximum atomic E-state index is 13.1. The molecule has 0 aliphatic heterocycles. The van der Waals surface area contributed by atoms with Crippen LogP contribution in [0.25, 0.3) is 0 Å². The molecule has 0 saturated heterocycles. The lowest BCUT2D eigenvalue weighted by molar-refractivity contribution is 0.0691. The van der Waals surface area contributed by atoms with Gasteiger partial charge in [0.15, 0.2) is 0 Å². The largest absolute Gasteiger partial charge is 0.338 e. The average molecular weight is 378 g/mol. The number of aromatic nitrogens is 4. The molecule has 6 rings (SSSR count). The van der Waals surface area contributed by atoms with E-state index >= 15 is 0 Å². The first-order valence-electron chi connectivity index (χ1n) is 10.3. The van der Waals surface area contributed by atoms with Gasteiger partial charge < -0.3 is 0 Å². The Morgan fingerprint density at radius 1 is 0.786 bits per heavy atom. The van der Waals surface area contributed by atoms with Crippen LogP contribution in [0.15, 0.2) is 0 Å². The molecule has 2 saturated carbocycles. The lowest BCUT2D eigenvalue weighted by Gasteiger charge is -2.11. The highest BCUT2D eigenvalue weighted by molar-refractivity contribution is 6.36. The topological polar surface area (TPSA) is 69.8 Å². The number of aryl methyl sites for hydroxylation is 2. The minimum absolute atomic E-state index is 0.284. The van der Waals surface area contributed by atoms with Crippen LogP contribution < -0.4 is 0 Å². The van der Waals surface area contributed by atoms with Gasteiger partial charge in [0.05, 0.1) is 22.8 Å². The van der Waals surface area contributed by atoms with Crippen LogP contribution in [-0.2, 0) is 12.8 Å². The standard InChI is InChI=1S/C22H26N4O2/c1-9-15-13(7-11-17(15)21(11,3)4)25(23-9)19(27)20(28)26-14-8-12-18(22(12,5)6)16(14)10(2)24-26/h11-12,17-18H,7-8H2,1-6H3/t11-,12+,17+,18-. The van der Waals surface area contributed by atoms with Crippen molar-refractivity contribution in [2.75, 3.05) is 0 Å². The lowest BCUT2D eigenvalue weighted by Crippen LogP contribution is -2.31. The molecule has 0 aromatic carbocycles. The van der Waals surface area contributed by atoms with Gasteiger partial charge in [0, 0.05) is 11.1 Å². The molecule has 0 bridgehead atoms. The summed E-state index contributed by atoms with van der Waals surface area (Å²) in [6.45, 7) is 13.0. The van der Waals surface area contributed by atoms with E-state index in [1.54, 1.807) is 0 Å². The third-order valence-electron chi connectivity index (χ3n) is 8.53. The van der Waals surface area contributed by atoms with Crippen molar-refractivity contribution >= 4 is 11.8 Å². The highest BCUT2D eigenvalue weighted by Crippen LogP contribution is 2.71. The van der Waals surface area contributed by atoms with Crippen molar-refractivity contribution in [2.45, 2.75) is 66.2 Å². The van der Waals surface area contributed by atoms with E-state index in [2.05, 4.69) is 37.9 Å². The van der Waals surface area contributed by atoms with E-state index in [9.17, 15) is 9.59 Å². The van der Waals surface area contributed by atoms with Crippen molar-refractivity contribution in [2.24, 2.45) is 22.7 Å². The van der Waals surface area contributed by atoms with Crippen molar-refractivity contribution in [3.8, 4) is 0 Å². The van der Waals surface area contributed by atoms with Crippen LogP contribution in [-0.4, -0.2) is 31.4 Å². The first-order valence-corrected chi connectivity index (χ1v) is 10.3. The molecule has 0 unspecified atom stereocenters. The minimum Gasteiger partial charge on any atom is -0.261 e. The zero-order valence-electron chi connectivity index (χ0n) is 17.3. The number of hydrogen-bond acceptors (Lipinski definition) is 4. The van der Waals surface area contributed by atoms with Gasteiger partial charge in [-0.25, -0.2) is 0 Å². The van der Waals surface area contributed by atoms with Crippen molar-refractivity contribution in [3.05, 3.63) is 33.9 Å². The normalized spacial score (nSPS) is 31.8. The van der Waals surface area contributed by atoms with E-state index in [1.165, 1.54) is 20.5 Å². The van der Waals surface area contributed by atoms with E-state index in [0.29, 0.717) is 23.7 Å². The molecule has 2 fully saturated rings. The Bertz CT molecular complexity index is 1030. The molecule has 0 amide bonds. The summed E-state index contributed by atoms with van der Waals surface area (Å²) in [5, 5.41) is 8.95. The Morgan fingerprint density at radius 3 is 1.50 bits per heavy atom. The summed E-state index contributed by atoms with van der Waals surface area (Å²) >= 11 is 0. The second kappa shape index (κ2) is 4.50. The number of hydrogen-bond donors (Lipinski definition) is 0. The van der Waals surface area contributed by atoms with E-state index < -0.39 is 11.8 Å². The number of carbonyl (C=O) groups is 2. The van der Waals surface area contributed by atoms with Crippen LogP contribution in [0.2, 0.25) is 0 Å². The monoisotopic (exact) mass is 378 g/mol. The highest BCUT2D eigenvalue weighted by Gasteiger charge is 2.65. The summed E-state index contributed by atoms with van der Waals surface area (Å²) in [7, 11) is 0. The zero-order chi connectivity index (χ0) is 19.9. The number of rotatable bonds is 0. The van der Waals surface area contributed by atoms with E-state index in [1.807, 2.05) is 13.8 Å². The fraction of sp³-hybridized carbons (Fsp3) is 0.636. The van der Waals surface area contributed by atoms with Gasteiger partial charge in [0.2, 0.25) is 0 Å². The molecule has 4 aliphatic rings. The summed E-state index contributed by atoms with van der Waals surface area (Å²) in [5.41, 5.74) is 6.61. The van der Waals surface area contributed by atoms with Gasteiger partial charge in [-0.2, -0.15) is 19.6 Å². The van der Waals surface area contributed by atoms with Gasteiger partial charge in [-0.1, -0.05) is 27.7 Å². The maximum absolute atomic E-state index is 13.1. The van der Waals surface area contributed by atoms with Crippen LogP contribution in [0.1, 0.15) is 83.0 Å². The fourth-order valence-corrected chi connectivity index (χ4v) is 6.71. The summed E-state index contributed by atoms with van der Waals surface area (Å²) in [4.78, 5) is 26.2. The predicted molar refractivity (Wildman–Crippen MR) is 103 cm³/mol. The van der Waals surface area contributed by atoms with Gasteiger partial charge >= 0.3 is 11.8 Å². The molecule has 4 atom stereocenters. The first-order chi connectivity index (χ1) is 13.1. The third kappa shape index (κ3) is 1.67. The first kappa shape index (κ1) is 16.7. The third-order valence-corrected chi connectivity index (χ3v) is 8.53. The molecular weight excluding hydrogens is 352 g/mol. The molecule has 0 spiro atoms. The quantitative estimate of drug-likeness (QED) is 0.660.